The van der Waals surface area contributed by atoms with Crippen LogP contribution in [0.2, 0.25) is 5.02 Å². The molecule has 0 nitrogen and oxygen atoms in total. The predicted molar refractivity (Wildman–Crippen MR) is 119 cm³/mol. The lowest BCUT2D eigenvalue weighted by Crippen LogP contribution is -1.88. The van der Waals surface area contributed by atoms with Crippen molar-refractivity contribution in [3.05, 3.63) is 96.0 Å². The van der Waals surface area contributed by atoms with Crippen LogP contribution in [0.3, 0.4) is 0 Å². The van der Waals surface area contributed by atoms with Gasteiger partial charge in [-0.1, -0.05) is 96.5 Å². The monoisotopic (exact) mass is 362 g/mol. The van der Waals surface area contributed by atoms with Gasteiger partial charge in [0.1, 0.15) is 0 Å². The van der Waals surface area contributed by atoms with Gasteiger partial charge in [0.05, 0.1) is 0 Å². The number of fused-ring (bicyclic) bond motifs is 10. The van der Waals surface area contributed by atoms with Crippen molar-refractivity contribution in [3.8, 4) is 0 Å². The second kappa shape index (κ2) is 5.45. The van der Waals surface area contributed by atoms with E-state index in [1.807, 2.05) is 0 Å². The van der Waals surface area contributed by atoms with Crippen molar-refractivity contribution in [3.63, 3.8) is 0 Å². The van der Waals surface area contributed by atoms with E-state index >= 15 is 0 Å². The largest absolute Gasteiger partial charge is 0.0836 e. The van der Waals surface area contributed by atoms with Gasteiger partial charge in [0.2, 0.25) is 0 Å². The SMILES string of the molecule is Clc1cc2ccccc2c2c1c1ccccc1c1ccc3ccccc3c12. The number of halogens is 1. The van der Waals surface area contributed by atoms with E-state index in [1.54, 1.807) is 0 Å². The third kappa shape index (κ3) is 1.99. The van der Waals surface area contributed by atoms with Crippen LogP contribution in [-0.2, 0) is 0 Å². The van der Waals surface area contributed by atoms with Gasteiger partial charge in [0, 0.05) is 15.8 Å². The molecule has 126 valence electrons. The molecule has 0 radical (unpaired) electrons. The molecule has 0 unspecified atom stereocenters. The third-order valence-corrected chi connectivity index (χ3v) is 5.96. The van der Waals surface area contributed by atoms with Crippen LogP contribution in [0.25, 0.3) is 53.9 Å². The molecule has 0 atom stereocenters. The van der Waals surface area contributed by atoms with Crippen molar-refractivity contribution in [1.82, 2.24) is 0 Å². The van der Waals surface area contributed by atoms with E-state index in [0.29, 0.717) is 0 Å². The van der Waals surface area contributed by atoms with Gasteiger partial charge in [-0.25, -0.2) is 0 Å². The molecule has 6 aromatic carbocycles. The predicted octanol–water partition coefficient (Wildman–Crippen LogP) is 8.11. The summed E-state index contributed by atoms with van der Waals surface area (Å²) < 4.78 is 0. The van der Waals surface area contributed by atoms with Gasteiger partial charge < -0.3 is 0 Å². The molecule has 1 heteroatoms. The van der Waals surface area contributed by atoms with Crippen LogP contribution >= 0.6 is 11.6 Å². The first-order chi connectivity index (χ1) is 13.3. The standard InChI is InChI=1S/C26H15Cl/c27-23-15-17-8-2-4-10-19(17)26-24-18-9-3-1-7-16(18)13-14-22(24)20-11-5-6-12-21(20)25(23)26/h1-15H. The molecular weight excluding hydrogens is 348 g/mol. The van der Waals surface area contributed by atoms with E-state index in [0.717, 1.165) is 10.4 Å². The minimum Gasteiger partial charge on any atom is -0.0836 e. The lowest BCUT2D eigenvalue weighted by molar-refractivity contribution is 1.78. The third-order valence-electron chi connectivity index (χ3n) is 5.67. The summed E-state index contributed by atoms with van der Waals surface area (Å²) in [6, 6.07) is 32.4. The molecule has 6 rings (SSSR count). The van der Waals surface area contributed by atoms with Crippen LogP contribution in [0, 0.1) is 0 Å². The Morgan fingerprint density at radius 1 is 0.407 bits per heavy atom. The van der Waals surface area contributed by atoms with Crippen LogP contribution in [0.5, 0.6) is 0 Å². The van der Waals surface area contributed by atoms with Gasteiger partial charge in [-0.2, -0.15) is 0 Å². The van der Waals surface area contributed by atoms with Gasteiger partial charge in [-0.3, -0.25) is 0 Å². The Balaban J connectivity index is 2.11. The zero-order valence-electron chi connectivity index (χ0n) is 14.5. The van der Waals surface area contributed by atoms with Crippen LogP contribution in [0.15, 0.2) is 91.0 Å². The Bertz CT molecular complexity index is 1530. The Kier molecular flexibility index (Phi) is 3.03. The number of hydrogen-bond acceptors (Lipinski definition) is 0. The van der Waals surface area contributed by atoms with Crippen LogP contribution in [0.1, 0.15) is 0 Å². The molecule has 0 heterocycles. The van der Waals surface area contributed by atoms with Gasteiger partial charge >= 0.3 is 0 Å². The van der Waals surface area contributed by atoms with E-state index in [9.17, 15) is 0 Å². The van der Waals surface area contributed by atoms with E-state index in [4.69, 9.17) is 11.6 Å². The van der Waals surface area contributed by atoms with Gasteiger partial charge in [0.25, 0.3) is 0 Å². The Hall–Kier alpha value is -3.09. The second-order valence-corrected chi connectivity index (χ2v) is 7.49. The van der Waals surface area contributed by atoms with Crippen molar-refractivity contribution < 1.29 is 0 Å². The molecule has 0 bridgehead atoms. The molecule has 0 aliphatic heterocycles. The molecular formula is C26H15Cl. The molecule has 0 amide bonds. The number of rotatable bonds is 0. The minimum atomic E-state index is 0.815. The van der Waals surface area contributed by atoms with E-state index in [-0.39, 0.29) is 0 Å². The maximum absolute atomic E-state index is 6.87. The molecule has 0 spiro atoms. The zero-order chi connectivity index (χ0) is 18.0. The highest BCUT2D eigenvalue weighted by Gasteiger charge is 2.15. The Morgan fingerprint density at radius 2 is 0.963 bits per heavy atom. The van der Waals surface area contributed by atoms with E-state index in [1.165, 1.54) is 48.5 Å². The summed E-state index contributed by atoms with van der Waals surface area (Å²) in [5.74, 6) is 0. The van der Waals surface area contributed by atoms with E-state index in [2.05, 4.69) is 91.0 Å². The van der Waals surface area contributed by atoms with Crippen molar-refractivity contribution in [2.45, 2.75) is 0 Å². The topological polar surface area (TPSA) is 0 Å². The van der Waals surface area contributed by atoms with Crippen molar-refractivity contribution >= 4 is 65.5 Å². The molecule has 27 heavy (non-hydrogen) atoms. The quantitative estimate of drug-likeness (QED) is 0.239. The smallest absolute Gasteiger partial charge is 0.0497 e. The molecule has 0 N–H and O–H groups in total. The van der Waals surface area contributed by atoms with E-state index < -0.39 is 0 Å². The van der Waals surface area contributed by atoms with Crippen molar-refractivity contribution in [2.24, 2.45) is 0 Å². The van der Waals surface area contributed by atoms with Gasteiger partial charge in [-0.05, 0) is 49.2 Å². The first kappa shape index (κ1) is 15.0. The lowest BCUT2D eigenvalue weighted by atomic mass is 9.88. The fourth-order valence-corrected chi connectivity index (χ4v) is 4.85. The Labute approximate surface area is 161 Å². The van der Waals surface area contributed by atoms with Crippen molar-refractivity contribution in [1.29, 1.82) is 0 Å². The fraction of sp³-hybridized carbons (Fsp3) is 0. The minimum absolute atomic E-state index is 0.815. The molecule has 0 saturated heterocycles. The number of hydrogen-bond donors (Lipinski definition) is 0. The number of benzene rings is 6. The molecule has 0 fully saturated rings. The van der Waals surface area contributed by atoms with Crippen LogP contribution < -0.4 is 0 Å². The molecule has 0 aromatic heterocycles. The highest BCUT2D eigenvalue weighted by Crippen LogP contribution is 2.44. The maximum atomic E-state index is 6.87. The average molecular weight is 363 g/mol. The molecule has 6 aromatic rings. The van der Waals surface area contributed by atoms with Gasteiger partial charge in [-0.15, -0.1) is 0 Å². The van der Waals surface area contributed by atoms with Crippen molar-refractivity contribution in [2.75, 3.05) is 0 Å². The summed E-state index contributed by atoms with van der Waals surface area (Å²) in [7, 11) is 0. The highest BCUT2D eigenvalue weighted by atomic mass is 35.5. The summed E-state index contributed by atoms with van der Waals surface area (Å²) >= 11 is 6.87. The Morgan fingerprint density at radius 3 is 1.74 bits per heavy atom. The first-order valence-electron chi connectivity index (χ1n) is 9.16. The summed E-state index contributed by atoms with van der Waals surface area (Å²) in [5, 5.41) is 13.2. The maximum Gasteiger partial charge on any atom is 0.0497 e. The second-order valence-electron chi connectivity index (χ2n) is 7.08. The summed E-state index contributed by atoms with van der Waals surface area (Å²) in [4.78, 5) is 0. The molecule has 0 saturated carbocycles. The summed E-state index contributed by atoms with van der Waals surface area (Å²) in [6.07, 6.45) is 0. The highest BCUT2D eigenvalue weighted by molar-refractivity contribution is 6.45. The lowest BCUT2D eigenvalue weighted by Gasteiger charge is -2.16. The molecule has 0 aliphatic carbocycles. The van der Waals surface area contributed by atoms with Gasteiger partial charge in [0.15, 0.2) is 0 Å². The molecule has 0 aliphatic rings. The van der Waals surface area contributed by atoms with Crippen LogP contribution in [-0.4, -0.2) is 0 Å². The normalized spacial score (nSPS) is 11.9. The average Bonchev–Trinajstić information content (AvgIpc) is 2.73. The first-order valence-corrected chi connectivity index (χ1v) is 9.54. The summed E-state index contributed by atoms with van der Waals surface area (Å²) in [5.41, 5.74) is 0. The van der Waals surface area contributed by atoms with Crippen LogP contribution in [0.4, 0.5) is 0 Å². The zero-order valence-corrected chi connectivity index (χ0v) is 15.3. The summed E-state index contributed by atoms with van der Waals surface area (Å²) in [6.45, 7) is 0. The fourth-order valence-electron chi connectivity index (χ4n) is 4.54.